The van der Waals surface area contributed by atoms with Crippen molar-refractivity contribution in [3.8, 4) is 11.3 Å². The number of furan rings is 1. The van der Waals surface area contributed by atoms with E-state index in [1.54, 1.807) is 24.3 Å². The van der Waals surface area contributed by atoms with Gasteiger partial charge in [0.1, 0.15) is 29.4 Å². The number of hydrogen-bond donors (Lipinski definition) is 1. The summed E-state index contributed by atoms with van der Waals surface area (Å²) in [6.07, 6.45) is 0.340. The number of carbonyl (C=O) groups excluding carboxylic acids is 1. The van der Waals surface area contributed by atoms with Crippen molar-refractivity contribution in [3.05, 3.63) is 77.0 Å². The number of halogens is 3. The first-order valence-corrected chi connectivity index (χ1v) is 7.71. The van der Waals surface area contributed by atoms with Gasteiger partial charge in [0.2, 0.25) is 0 Å². The van der Waals surface area contributed by atoms with Crippen molar-refractivity contribution < 1.29 is 22.8 Å². The number of anilines is 1. The van der Waals surface area contributed by atoms with Crippen molar-refractivity contribution in [2.45, 2.75) is 0 Å². The van der Waals surface area contributed by atoms with E-state index in [9.17, 15) is 13.6 Å². The van der Waals surface area contributed by atoms with Crippen LogP contribution in [0.4, 0.5) is 19.3 Å². The molecule has 26 heavy (non-hydrogen) atoms. The van der Waals surface area contributed by atoms with Gasteiger partial charge in [-0.1, -0.05) is 16.8 Å². The van der Waals surface area contributed by atoms with Crippen LogP contribution in [0.15, 0.2) is 64.2 Å². The van der Waals surface area contributed by atoms with Crippen LogP contribution in [-0.2, 0) is 4.84 Å². The van der Waals surface area contributed by atoms with Crippen molar-refractivity contribution in [1.29, 1.82) is 0 Å². The highest BCUT2D eigenvalue weighted by Gasteiger charge is 2.10. The molecular formula is C18H11ClF2N2O3. The molecule has 3 rings (SSSR count). The van der Waals surface area contributed by atoms with Gasteiger partial charge in [-0.3, -0.25) is 10.2 Å². The van der Waals surface area contributed by atoms with Crippen LogP contribution in [0.1, 0.15) is 5.76 Å². The molecule has 2 aromatic carbocycles. The molecule has 0 unspecified atom stereocenters. The van der Waals surface area contributed by atoms with Crippen LogP contribution in [0.5, 0.6) is 0 Å². The van der Waals surface area contributed by atoms with Crippen molar-refractivity contribution in [3.63, 3.8) is 0 Å². The molecule has 1 heterocycles. The van der Waals surface area contributed by atoms with Crippen LogP contribution in [-0.4, -0.2) is 12.3 Å². The minimum atomic E-state index is -0.806. The van der Waals surface area contributed by atoms with E-state index >= 15 is 0 Å². The molecule has 132 valence electrons. The van der Waals surface area contributed by atoms with E-state index < -0.39 is 17.7 Å². The zero-order valence-corrected chi connectivity index (χ0v) is 13.8. The highest BCUT2D eigenvalue weighted by molar-refractivity contribution is 6.30. The van der Waals surface area contributed by atoms with E-state index in [2.05, 4.69) is 15.3 Å². The van der Waals surface area contributed by atoms with Gasteiger partial charge >= 0.3 is 6.09 Å². The fourth-order valence-corrected chi connectivity index (χ4v) is 2.18. The van der Waals surface area contributed by atoms with E-state index in [0.29, 0.717) is 10.7 Å². The Labute approximate surface area is 151 Å². The molecule has 0 fully saturated rings. The summed E-state index contributed by atoms with van der Waals surface area (Å²) >= 11 is 5.74. The maximum Gasteiger partial charge on any atom is 0.437 e. The first-order valence-electron chi connectivity index (χ1n) is 7.33. The number of hydrogen-bond acceptors (Lipinski definition) is 4. The maximum absolute atomic E-state index is 13.7. The Morgan fingerprint density at radius 1 is 1.12 bits per heavy atom. The predicted molar refractivity (Wildman–Crippen MR) is 93.2 cm³/mol. The molecule has 1 N–H and O–H groups in total. The SMILES string of the molecule is O=C(Nc1ccc(Cl)cc1)O/N=C/c1ccc(-c2ccc(F)cc2F)o1. The average molecular weight is 377 g/mol. The lowest BCUT2D eigenvalue weighted by Gasteiger charge is -2.01. The first kappa shape index (κ1) is 17.6. The Balaban J connectivity index is 1.60. The summed E-state index contributed by atoms with van der Waals surface area (Å²) in [6, 6.07) is 12.6. The quantitative estimate of drug-likeness (QED) is 0.373. The largest absolute Gasteiger partial charge is 0.455 e. The molecule has 1 amide bonds. The second-order valence-corrected chi connectivity index (χ2v) is 5.51. The van der Waals surface area contributed by atoms with Gasteiger partial charge in [0, 0.05) is 16.8 Å². The molecule has 0 aliphatic carbocycles. The monoisotopic (exact) mass is 376 g/mol. The van der Waals surface area contributed by atoms with Gasteiger partial charge in [-0.25, -0.2) is 13.6 Å². The van der Waals surface area contributed by atoms with Crippen LogP contribution >= 0.6 is 11.6 Å². The third kappa shape index (κ3) is 4.46. The normalized spacial score (nSPS) is 10.9. The van der Waals surface area contributed by atoms with Gasteiger partial charge < -0.3 is 4.42 Å². The molecule has 0 bridgehead atoms. The fraction of sp³-hybridized carbons (Fsp3) is 0. The van der Waals surface area contributed by atoms with E-state index in [-0.39, 0.29) is 17.1 Å². The number of oxime groups is 1. The van der Waals surface area contributed by atoms with Crippen LogP contribution < -0.4 is 5.32 Å². The van der Waals surface area contributed by atoms with Crippen LogP contribution in [0.3, 0.4) is 0 Å². The van der Waals surface area contributed by atoms with E-state index in [4.69, 9.17) is 16.0 Å². The molecule has 0 atom stereocenters. The molecular weight excluding hydrogens is 366 g/mol. The smallest absolute Gasteiger partial charge is 0.437 e. The Morgan fingerprint density at radius 2 is 1.88 bits per heavy atom. The highest BCUT2D eigenvalue weighted by atomic mass is 35.5. The zero-order chi connectivity index (χ0) is 18.5. The van der Waals surface area contributed by atoms with Gasteiger partial charge in [0.15, 0.2) is 0 Å². The minimum Gasteiger partial charge on any atom is -0.455 e. The summed E-state index contributed by atoms with van der Waals surface area (Å²) in [4.78, 5) is 16.2. The molecule has 0 aliphatic heterocycles. The molecule has 0 radical (unpaired) electrons. The third-order valence-electron chi connectivity index (χ3n) is 3.23. The van der Waals surface area contributed by atoms with Gasteiger partial charge in [0.25, 0.3) is 0 Å². The highest BCUT2D eigenvalue weighted by Crippen LogP contribution is 2.25. The summed E-state index contributed by atoms with van der Waals surface area (Å²) in [7, 11) is 0. The zero-order valence-electron chi connectivity index (χ0n) is 13.1. The number of nitrogens with zero attached hydrogens (tertiary/aromatic N) is 1. The average Bonchev–Trinajstić information content (AvgIpc) is 3.05. The standard InChI is InChI=1S/C18H11ClF2N2O3/c19-11-1-4-13(5-2-11)23-18(24)26-22-10-14-6-8-17(25-14)15-7-3-12(20)9-16(15)21/h1-10H,(H,23,24)/b22-10+. The molecule has 0 saturated carbocycles. The van der Waals surface area contributed by atoms with Crippen LogP contribution in [0.2, 0.25) is 5.02 Å². The molecule has 8 heteroatoms. The Bertz CT molecular complexity index is 955. The van der Waals surface area contributed by atoms with Crippen molar-refractivity contribution in [1.82, 2.24) is 0 Å². The number of carbonyl (C=O) groups is 1. The number of nitrogens with one attached hydrogen (secondary N) is 1. The lowest BCUT2D eigenvalue weighted by Crippen LogP contribution is -2.10. The molecule has 5 nitrogen and oxygen atoms in total. The second kappa shape index (κ2) is 7.79. The fourth-order valence-electron chi connectivity index (χ4n) is 2.06. The van der Waals surface area contributed by atoms with Crippen LogP contribution in [0, 0.1) is 11.6 Å². The molecule has 0 spiro atoms. The number of rotatable bonds is 4. The third-order valence-corrected chi connectivity index (χ3v) is 3.48. The predicted octanol–water partition coefficient (Wildman–Crippen LogP) is 5.46. The Hall–Kier alpha value is -3.19. The van der Waals surface area contributed by atoms with E-state index in [1.165, 1.54) is 18.2 Å². The summed E-state index contributed by atoms with van der Waals surface area (Å²) in [5, 5.41) is 6.47. The molecule has 1 aromatic heterocycles. The van der Waals surface area contributed by atoms with Crippen molar-refractivity contribution >= 4 is 29.6 Å². The van der Waals surface area contributed by atoms with E-state index in [1.807, 2.05) is 0 Å². The number of benzene rings is 2. The molecule has 0 saturated heterocycles. The number of amides is 1. The lowest BCUT2D eigenvalue weighted by atomic mass is 10.1. The summed E-state index contributed by atoms with van der Waals surface area (Å²) in [5.41, 5.74) is 0.592. The minimum absolute atomic E-state index is 0.104. The summed E-state index contributed by atoms with van der Waals surface area (Å²) in [5.74, 6) is -1.02. The van der Waals surface area contributed by atoms with Crippen molar-refractivity contribution in [2.24, 2.45) is 5.16 Å². The maximum atomic E-state index is 13.7. The van der Waals surface area contributed by atoms with Gasteiger partial charge in [-0.15, -0.1) is 0 Å². The first-order chi connectivity index (χ1) is 12.5. The van der Waals surface area contributed by atoms with Crippen molar-refractivity contribution in [2.75, 3.05) is 5.32 Å². The van der Waals surface area contributed by atoms with Gasteiger partial charge in [-0.2, -0.15) is 0 Å². The lowest BCUT2D eigenvalue weighted by molar-refractivity contribution is 0.167. The summed E-state index contributed by atoms with van der Waals surface area (Å²) < 4.78 is 32.0. The second-order valence-electron chi connectivity index (χ2n) is 5.07. The topological polar surface area (TPSA) is 63.8 Å². The molecule has 0 aliphatic rings. The van der Waals surface area contributed by atoms with Gasteiger partial charge in [-0.05, 0) is 48.5 Å². The molecule has 3 aromatic rings. The summed E-state index contributed by atoms with van der Waals surface area (Å²) in [6.45, 7) is 0. The Morgan fingerprint density at radius 3 is 2.62 bits per heavy atom. The Kier molecular flexibility index (Phi) is 5.28. The van der Waals surface area contributed by atoms with Crippen LogP contribution in [0.25, 0.3) is 11.3 Å². The van der Waals surface area contributed by atoms with Gasteiger partial charge in [0.05, 0.1) is 5.56 Å². The van der Waals surface area contributed by atoms with E-state index in [0.717, 1.165) is 18.3 Å².